The number of hydrogen-bond acceptors (Lipinski definition) is 2. The van der Waals surface area contributed by atoms with Crippen molar-refractivity contribution in [1.82, 2.24) is 10.2 Å². The van der Waals surface area contributed by atoms with E-state index in [1.54, 1.807) is 0 Å². The summed E-state index contributed by atoms with van der Waals surface area (Å²) in [5, 5.41) is 3.22. The summed E-state index contributed by atoms with van der Waals surface area (Å²) in [5.74, 6) is 1.24. The SMILES string of the molecule is CCNC(=NCc1ccc(C(F)(F)F)cc1)N(C)CC1CCOC1.I. The van der Waals surface area contributed by atoms with Gasteiger partial charge in [-0.05, 0) is 31.0 Å². The summed E-state index contributed by atoms with van der Waals surface area (Å²) < 4.78 is 43.1. The Labute approximate surface area is 163 Å². The standard InChI is InChI=1S/C17H24F3N3O.HI/c1-3-21-16(23(2)11-14-8-9-24-12-14)22-10-13-4-6-15(7-5-13)17(18,19)20;/h4-7,14H,3,8-12H2,1-2H3,(H,21,22);1H. The Bertz CT molecular complexity index is 543. The van der Waals surface area contributed by atoms with Gasteiger partial charge in [-0.15, -0.1) is 24.0 Å². The Kier molecular flexibility index (Phi) is 8.98. The van der Waals surface area contributed by atoms with Gasteiger partial charge in [-0.2, -0.15) is 13.2 Å². The topological polar surface area (TPSA) is 36.9 Å². The van der Waals surface area contributed by atoms with Crippen LogP contribution in [0.2, 0.25) is 0 Å². The number of benzene rings is 1. The van der Waals surface area contributed by atoms with Gasteiger partial charge in [0, 0.05) is 32.7 Å². The molecular weight excluding hydrogens is 446 g/mol. The zero-order chi connectivity index (χ0) is 17.6. The first kappa shape index (κ1) is 22.0. The van der Waals surface area contributed by atoms with Gasteiger partial charge in [0.1, 0.15) is 0 Å². The van der Waals surface area contributed by atoms with Crippen LogP contribution in [-0.2, 0) is 17.5 Å². The van der Waals surface area contributed by atoms with Crippen molar-refractivity contribution in [3.8, 4) is 0 Å². The Morgan fingerprint density at radius 2 is 2.00 bits per heavy atom. The number of nitrogens with zero attached hydrogens (tertiary/aromatic N) is 2. The predicted octanol–water partition coefficient (Wildman–Crippen LogP) is 3.76. The molecule has 142 valence electrons. The summed E-state index contributed by atoms with van der Waals surface area (Å²) in [6.45, 7) is 5.47. The summed E-state index contributed by atoms with van der Waals surface area (Å²) in [5.41, 5.74) is 0.108. The van der Waals surface area contributed by atoms with E-state index in [4.69, 9.17) is 4.74 Å². The van der Waals surface area contributed by atoms with Crippen LogP contribution in [0.15, 0.2) is 29.3 Å². The minimum atomic E-state index is -4.31. The maximum atomic E-state index is 12.6. The van der Waals surface area contributed by atoms with Crippen LogP contribution >= 0.6 is 24.0 Å². The van der Waals surface area contributed by atoms with E-state index >= 15 is 0 Å². The lowest BCUT2D eigenvalue weighted by Gasteiger charge is -2.24. The molecule has 1 aliphatic rings. The summed E-state index contributed by atoms with van der Waals surface area (Å²) in [6, 6.07) is 5.14. The molecule has 0 aromatic heterocycles. The van der Waals surface area contributed by atoms with Crippen LogP contribution in [-0.4, -0.2) is 44.2 Å². The van der Waals surface area contributed by atoms with Crippen molar-refractivity contribution < 1.29 is 17.9 Å². The smallest absolute Gasteiger partial charge is 0.381 e. The van der Waals surface area contributed by atoms with E-state index in [0.29, 0.717) is 12.5 Å². The highest BCUT2D eigenvalue weighted by molar-refractivity contribution is 14.0. The van der Waals surface area contributed by atoms with E-state index in [-0.39, 0.29) is 24.0 Å². The molecule has 1 unspecified atom stereocenters. The van der Waals surface area contributed by atoms with Crippen LogP contribution in [0.3, 0.4) is 0 Å². The highest BCUT2D eigenvalue weighted by Crippen LogP contribution is 2.29. The van der Waals surface area contributed by atoms with Crippen molar-refractivity contribution >= 4 is 29.9 Å². The molecule has 25 heavy (non-hydrogen) atoms. The largest absolute Gasteiger partial charge is 0.416 e. The lowest BCUT2D eigenvalue weighted by Crippen LogP contribution is -2.41. The molecule has 0 saturated carbocycles. The van der Waals surface area contributed by atoms with E-state index < -0.39 is 11.7 Å². The van der Waals surface area contributed by atoms with Crippen molar-refractivity contribution in [3.05, 3.63) is 35.4 Å². The third-order valence-electron chi connectivity index (χ3n) is 3.95. The van der Waals surface area contributed by atoms with E-state index in [0.717, 1.165) is 56.4 Å². The van der Waals surface area contributed by atoms with E-state index in [1.165, 1.54) is 12.1 Å². The quantitative estimate of drug-likeness (QED) is 0.404. The van der Waals surface area contributed by atoms with Crippen LogP contribution in [0.1, 0.15) is 24.5 Å². The van der Waals surface area contributed by atoms with Crippen LogP contribution in [0.4, 0.5) is 13.2 Å². The van der Waals surface area contributed by atoms with Gasteiger partial charge in [0.15, 0.2) is 5.96 Å². The van der Waals surface area contributed by atoms with Gasteiger partial charge >= 0.3 is 6.18 Å². The Hall–Kier alpha value is -1.03. The zero-order valence-corrected chi connectivity index (χ0v) is 16.8. The molecule has 8 heteroatoms. The summed E-state index contributed by atoms with van der Waals surface area (Å²) in [7, 11) is 1.96. The van der Waals surface area contributed by atoms with Crippen molar-refractivity contribution in [1.29, 1.82) is 0 Å². The van der Waals surface area contributed by atoms with E-state index in [2.05, 4.69) is 10.3 Å². The highest BCUT2D eigenvalue weighted by Gasteiger charge is 2.29. The molecule has 1 atom stereocenters. The molecule has 0 bridgehead atoms. The van der Waals surface area contributed by atoms with Gasteiger partial charge < -0.3 is 15.0 Å². The minimum Gasteiger partial charge on any atom is -0.381 e. The molecule has 0 aliphatic carbocycles. The number of guanidine groups is 1. The lowest BCUT2D eigenvalue weighted by atomic mass is 10.1. The number of halogens is 4. The molecule has 0 radical (unpaired) electrons. The van der Waals surface area contributed by atoms with Crippen molar-refractivity contribution in [3.63, 3.8) is 0 Å². The molecule has 1 aliphatic heterocycles. The normalized spacial score (nSPS) is 18.0. The molecule has 2 rings (SSSR count). The fourth-order valence-corrected chi connectivity index (χ4v) is 2.64. The Morgan fingerprint density at radius 1 is 1.32 bits per heavy atom. The molecule has 1 fully saturated rings. The molecule has 1 heterocycles. The van der Waals surface area contributed by atoms with Gasteiger partial charge in [0.25, 0.3) is 0 Å². The minimum absolute atomic E-state index is 0. The highest BCUT2D eigenvalue weighted by atomic mass is 127. The van der Waals surface area contributed by atoms with Gasteiger partial charge in [-0.1, -0.05) is 12.1 Å². The molecular formula is C17H25F3IN3O. The molecule has 4 nitrogen and oxygen atoms in total. The fourth-order valence-electron chi connectivity index (χ4n) is 2.64. The maximum Gasteiger partial charge on any atom is 0.416 e. The third-order valence-corrected chi connectivity index (χ3v) is 3.95. The second-order valence-electron chi connectivity index (χ2n) is 5.97. The first-order valence-corrected chi connectivity index (χ1v) is 8.13. The molecule has 0 spiro atoms. The summed E-state index contributed by atoms with van der Waals surface area (Å²) >= 11 is 0. The number of aliphatic imine (C=N–C) groups is 1. The molecule has 1 N–H and O–H groups in total. The average Bonchev–Trinajstić information content (AvgIpc) is 3.03. The maximum absolute atomic E-state index is 12.6. The predicted molar refractivity (Wildman–Crippen MR) is 103 cm³/mol. The number of ether oxygens (including phenoxy) is 1. The monoisotopic (exact) mass is 471 g/mol. The fraction of sp³-hybridized carbons (Fsp3) is 0.588. The number of nitrogens with one attached hydrogen (secondary N) is 1. The van der Waals surface area contributed by atoms with Gasteiger partial charge in [-0.25, -0.2) is 4.99 Å². The first-order valence-electron chi connectivity index (χ1n) is 8.13. The van der Waals surface area contributed by atoms with Gasteiger partial charge in [-0.3, -0.25) is 0 Å². The van der Waals surface area contributed by atoms with E-state index in [1.807, 2.05) is 18.9 Å². The Morgan fingerprint density at radius 3 is 2.52 bits per heavy atom. The van der Waals surface area contributed by atoms with Crippen LogP contribution in [0, 0.1) is 5.92 Å². The first-order chi connectivity index (χ1) is 11.4. The number of alkyl halides is 3. The number of hydrogen-bond donors (Lipinski definition) is 1. The van der Waals surface area contributed by atoms with Gasteiger partial charge in [0.05, 0.1) is 18.7 Å². The molecule has 0 amide bonds. The van der Waals surface area contributed by atoms with Crippen molar-refractivity contribution in [2.45, 2.75) is 26.1 Å². The van der Waals surface area contributed by atoms with Crippen molar-refractivity contribution in [2.24, 2.45) is 10.9 Å². The molecule has 1 aromatic carbocycles. The Balaban J connectivity index is 0.00000312. The van der Waals surface area contributed by atoms with Crippen molar-refractivity contribution in [2.75, 3.05) is 33.4 Å². The summed E-state index contributed by atoms with van der Waals surface area (Å²) in [6.07, 6.45) is -3.26. The summed E-state index contributed by atoms with van der Waals surface area (Å²) in [4.78, 5) is 6.58. The lowest BCUT2D eigenvalue weighted by molar-refractivity contribution is -0.137. The number of rotatable bonds is 5. The van der Waals surface area contributed by atoms with E-state index in [9.17, 15) is 13.2 Å². The average molecular weight is 471 g/mol. The molecule has 1 saturated heterocycles. The zero-order valence-electron chi connectivity index (χ0n) is 14.5. The van der Waals surface area contributed by atoms with Crippen LogP contribution in [0.25, 0.3) is 0 Å². The van der Waals surface area contributed by atoms with Crippen LogP contribution in [0.5, 0.6) is 0 Å². The molecule has 1 aromatic rings. The second kappa shape index (κ2) is 10.2. The van der Waals surface area contributed by atoms with Gasteiger partial charge in [0.2, 0.25) is 0 Å². The second-order valence-corrected chi connectivity index (χ2v) is 5.97. The van der Waals surface area contributed by atoms with Crippen LogP contribution < -0.4 is 5.32 Å². The third kappa shape index (κ3) is 7.01.